The minimum Gasteiger partial charge on any atom is -0.313 e. The van der Waals surface area contributed by atoms with Crippen LogP contribution >= 0.6 is 0 Å². The fourth-order valence-electron chi connectivity index (χ4n) is 2.65. The molecule has 106 valence electrons. The summed E-state index contributed by atoms with van der Waals surface area (Å²) in [5, 5.41) is 3.64. The van der Waals surface area contributed by atoms with Crippen LogP contribution in [0.3, 0.4) is 0 Å². The van der Waals surface area contributed by atoms with E-state index in [1.807, 2.05) is 18.5 Å². The third-order valence-corrected chi connectivity index (χ3v) is 4.00. The first kappa shape index (κ1) is 14.7. The van der Waals surface area contributed by atoms with Crippen LogP contribution in [0, 0.1) is 0 Å². The summed E-state index contributed by atoms with van der Waals surface area (Å²) in [6, 6.07) is 15.3. The molecular weight excluding hydrogens is 244 g/mol. The van der Waals surface area contributed by atoms with Crippen LogP contribution in [0.2, 0.25) is 0 Å². The summed E-state index contributed by atoms with van der Waals surface area (Å²) in [7, 11) is 0. The number of nitrogens with one attached hydrogen (secondary N) is 1. The van der Waals surface area contributed by atoms with E-state index in [2.05, 4.69) is 67.5 Å². The van der Waals surface area contributed by atoms with Gasteiger partial charge in [-0.05, 0) is 30.2 Å². The number of nitrogens with zero attached hydrogens (tertiary/aromatic N) is 1. The summed E-state index contributed by atoms with van der Waals surface area (Å²) in [4.78, 5) is 4.22. The van der Waals surface area contributed by atoms with Gasteiger partial charge in [0, 0.05) is 23.9 Å². The molecule has 1 N–H and O–H groups in total. The molecule has 2 aromatic rings. The summed E-state index contributed by atoms with van der Waals surface area (Å²) in [6.45, 7) is 7.76. The molecule has 0 amide bonds. The van der Waals surface area contributed by atoms with Gasteiger partial charge in [-0.25, -0.2) is 0 Å². The van der Waals surface area contributed by atoms with Gasteiger partial charge in [0.1, 0.15) is 0 Å². The molecule has 1 heterocycles. The average Bonchev–Trinajstić information content (AvgIpc) is 2.49. The number of aromatic nitrogens is 1. The third-order valence-electron chi connectivity index (χ3n) is 4.00. The summed E-state index contributed by atoms with van der Waals surface area (Å²) in [5.74, 6) is 0. The van der Waals surface area contributed by atoms with Gasteiger partial charge in [0.15, 0.2) is 0 Å². The Morgan fingerprint density at radius 1 is 1.10 bits per heavy atom. The van der Waals surface area contributed by atoms with E-state index in [-0.39, 0.29) is 5.41 Å². The summed E-state index contributed by atoms with van der Waals surface area (Å²) < 4.78 is 0. The maximum atomic E-state index is 4.22. The Labute approximate surface area is 122 Å². The Morgan fingerprint density at radius 3 is 2.45 bits per heavy atom. The quantitative estimate of drug-likeness (QED) is 0.866. The SMILES string of the molecule is CCNC(Cc1cccnc1)C(C)(C)c1ccccc1. The normalized spacial score (nSPS) is 13.2. The Kier molecular flexibility index (Phi) is 4.91. The van der Waals surface area contributed by atoms with Crippen molar-refractivity contribution in [2.24, 2.45) is 0 Å². The molecule has 0 fully saturated rings. The lowest BCUT2D eigenvalue weighted by Crippen LogP contribution is -2.46. The Morgan fingerprint density at radius 2 is 1.85 bits per heavy atom. The van der Waals surface area contributed by atoms with Crippen LogP contribution < -0.4 is 5.32 Å². The number of hydrogen-bond donors (Lipinski definition) is 1. The van der Waals surface area contributed by atoms with Crippen LogP contribution in [-0.2, 0) is 11.8 Å². The van der Waals surface area contributed by atoms with Gasteiger partial charge in [0.25, 0.3) is 0 Å². The van der Waals surface area contributed by atoms with E-state index in [0.717, 1.165) is 13.0 Å². The molecule has 0 aliphatic rings. The molecule has 0 saturated heterocycles. The van der Waals surface area contributed by atoms with Gasteiger partial charge < -0.3 is 5.32 Å². The van der Waals surface area contributed by atoms with Crippen LogP contribution in [0.5, 0.6) is 0 Å². The van der Waals surface area contributed by atoms with Gasteiger partial charge in [-0.1, -0.05) is 57.2 Å². The van der Waals surface area contributed by atoms with E-state index in [1.54, 1.807) is 0 Å². The first-order valence-corrected chi connectivity index (χ1v) is 7.32. The van der Waals surface area contributed by atoms with Gasteiger partial charge in [-0.2, -0.15) is 0 Å². The van der Waals surface area contributed by atoms with E-state index in [9.17, 15) is 0 Å². The summed E-state index contributed by atoms with van der Waals surface area (Å²) in [6.07, 6.45) is 4.78. The number of hydrogen-bond acceptors (Lipinski definition) is 2. The second-order valence-electron chi connectivity index (χ2n) is 5.76. The maximum absolute atomic E-state index is 4.22. The van der Waals surface area contributed by atoms with E-state index in [1.165, 1.54) is 11.1 Å². The first-order valence-electron chi connectivity index (χ1n) is 7.32. The van der Waals surface area contributed by atoms with Gasteiger partial charge in [-0.3, -0.25) is 4.98 Å². The standard InChI is InChI=1S/C18H24N2/c1-4-20-17(13-15-9-8-12-19-14-15)18(2,3)16-10-6-5-7-11-16/h5-12,14,17,20H,4,13H2,1-3H3. The number of pyridine rings is 1. The van der Waals surface area contributed by atoms with Crippen LogP contribution in [0.4, 0.5) is 0 Å². The number of likely N-dealkylation sites (N-methyl/N-ethyl adjacent to an activating group) is 1. The molecule has 2 nitrogen and oxygen atoms in total. The van der Waals surface area contributed by atoms with Gasteiger partial charge in [0.2, 0.25) is 0 Å². The zero-order valence-corrected chi connectivity index (χ0v) is 12.6. The molecule has 1 unspecified atom stereocenters. The zero-order valence-electron chi connectivity index (χ0n) is 12.6. The van der Waals surface area contributed by atoms with Gasteiger partial charge in [0.05, 0.1) is 0 Å². The average molecular weight is 268 g/mol. The Bertz CT molecular complexity index is 505. The molecule has 20 heavy (non-hydrogen) atoms. The number of benzene rings is 1. The highest BCUT2D eigenvalue weighted by Gasteiger charge is 2.30. The lowest BCUT2D eigenvalue weighted by molar-refractivity contribution is 0.342. The van der Waals surface area contributed by atoms with Gasteiger partial charge in [-0.15, -0.1) is 0 Å². The highest BCUT2D eigenvalue weighted by Crippen LogP contribution is 2.28. The largest absolute Gasteiger partial charge is 0.313 e. The van der Waals surface area contributed by atoms with E-state index >= 15 is 0 Å². The van der Waals surface area contributed by atoms with Crippen LogP contribution in [-0.4, -0.2) is 17.6 Å². The molecule has 0 aliphatic heterocycles. The molecule has 0 saturated carbocycles. The lowest BCUT2D eigenvalue weighted by Gasteiger charge is -2.36. The molecular formula is C18H24N2. The topological polar surface area (TPSA) is 24.9 Å². The highest BCUT2D eigenvalue weighted by atomic mass is 14.9. The van der Waals surface area contributed by atoms with Crippen LogP contribution in [0.25, 0.3) is 0 Å². The first-order chi connectivity index (χ1) is 9.64. The van der Waals surface area contributed by atoms with E-state index < -0.39 is 0 Å². The van der Waals surface area contributed by atoms with Crippen molar-refractivity contribution in [3.63, 3.8) is 0 Å². The molecule has 1 aromatic heterocycles. The van der Waals surface area contributed by atoms with Crippen molar-refractivity contribution < 1.29 is 0 Å². The minimum absolute atomic E-state index is 0.0765. The van der Waals surface area contributed by atoms with Crippen molar-refractivity contribution in [2.45, 2.75) is 38.6 Å². The maximum Gasteiger partial charge on any atom is 0.0300 e. The zero-order chi connectivity index (χ0) is 14.4. The predicted molar refractivity (Wildman–Crippen MR) is 84.9 cm³/mol. The molecule has 0 aliphatic carbocycles. The summed E-state index contributed by atoms with van der Waals surface area (Å²) >= 11 is 0. The van der Waals surface area contributed by atoms with Crippen molar-refractivity contribution in [3.8, 4) is 0 Å². The van der Waals surface area contributed by atoms with Crippen molar-refractivity contribution in [1.82, 2.24) is 10.3 Å². The highest BCUT2D eigenvalue weighted by molar-refractivity contribution is 5.27. The molecule has 0 spiro atoms. The van der Waals surface area contributed by atoms with Crippen molar-refractivity contribution >= 4 is 0 Å². The molecule has 2 heteroatoms. The van der Waals surface area contributed by atoms with Crippen LogP contribution in [0.15, 0.2) is 54.9 Å². The number of rotatable bonds is 6. The second kappa shape index (κ2) is 6.67. The third kappa shape index (κ3) is 3.45. The van der Waals surface area contributed by atoms with Crippen molar-refractivity contribution in [3.05, 3.63) is 66.0 Å². The Balaban J connectivity index is 2.23. The molecule has 1 atom stereocenters. The minimum atomic E-state index is 0.0765. The fourth-order valence-corrected chi connectivity index (χ4v) is 2.65. The van der Waals surface area contributed by atoms with E-state index in [0.29, 0.717) is 6.04 Å². The molecule has 2 rings (SSSR count). The lowest BCUT2D eigenvalue weighted by atomic mass is 9.75. The fraction of sp³-hybridized carbons (Fsp3) is 0.389. The van der Waals surface area contributed by atoms with Crippen molar-refractivity contribution in [2.75, 3.05) is 6.54 Å². The van der Waals surface area contributed by atoms with Gasteiger partial charge >= 0.3 is 0 Å². The second-order valence-corrected chi connectivity index (χ2v) is 5.76. The van der Waals surface area contributed by atoms with Crippen LogP contribution in [0.1, 0.15) is 31.9 Å². The monoisotopic (exact) mass is 268 g/mol. The molecule has 0 radical (unpaired) electrons. The van der Waals surface area contributed by atoms with E-state index in [4.69, 9.17) is 0 Å². The molecule has 1 aromatic carbocycles. The molecule has 0 bridgehead atoms. The smallest absolute Gasteiger partial charge is 0.0300 e. The summed E-state index contributed by atoms with van der Waals surface area (Å²) in [5.41, 5.74) is 2.73. The predicted octanol–water partition coefficient (Wildman–Crippen LogP) is 3.58. The Hall–Kier alpha value is -1.67. The van der Waals surface area contributed by atoms with Crippen molar-refractivity contribution in [1.29, 1.82) is 0 Å².